The van der Waals surface area contributed by atoms with E-state index in [0.29, 0.717) is 135 Å². The van der Waals surface area contributed by atoms with Crippen LogP contribution in [0.15, 0.2) is 60.7 Å². The Morgan fingerprint density at radius 2 is 0.821 bits per heavy atom. The van der Waals surface area contributed by atoms with Gasteiger partial charge in [-0.1, -0.05) is 99.2 Å². The van der Waals surface area contributed by atoms with Gasteiger partial charge in [0.1, 0.15) is 11.8 Å². The van der Waals surface area contributed by atoms with Crippen LogP contribution in [0.3, 0.4) is 0 Å². The summed E-state index contributed by atoms with van der Waals surface area (Å²) in [5.41, 5.74) is 30.3. The standard InChI is InChI=1S/C63H102N10O10S/c1-45(74)70-53(39-46-23-7-4-8-24-46)57(77)42-50(29-16-20-36-66)63(83)73-54(40-47-25-9-5-10-26-47)58(78)43-49(28-15-19-35-65)62(82)72-52(32-17-21-37-67)56(76)41-48(27-14-18-34-64)61(81)69-38-22-6-12-31-51(75)30-11-2-3-13-33-59(79)71-55(44-84)60(68)80/h4-5,7-10,23-26,48-50,52-55,84H,2-3,6,11-22,27-44,64-67H2,1H3,(H2,68,80)(H,69,81)(H,70,74)(H,71,79)(H,72,82)(H,73,83). The smallest absolute Gasteiger partial charge is 0.240 e. The van der Waals surface area contributed by atoms with Gasteiger partial charge in [-0.05, 0) is 134 Å². The Balaban J connectivity index is 2.20. The SMILES string of the molecule is CC(=O)NC(Cc1ccccc1)C(=O)CC(CCCCN)C(=O)NC(Cc1ccccc1)C(=O)CC(CCCCN)C(=O)NC(CCCCN)C(=O)CC(CCCCN)C(=O)NCCCCCC(=O)CCCCCCC(=O)NC(CS)C(N)=O. The van der Waals surface area contributed by atoms with E-state index in [1.54, 1.807) is 0 Å². The van der Waals surface area contributed by atoms with Crippen molar-refractivity contribution in [3.63, 3.8) is 0 Å². The summed E-state index contributed by atoms with van der Waals surface area (Å²) >= 11 is 4.03. The number of hydrogen-bond acceptors (Lipinski definition) is 15. The van der Waals surface area contributed by atoms with Gasteiger partial charge in [0.15, 0.2) is 17.3 Å². The third-order valence-corrected chi connectivity index (χ3v) is 15.4. The average molecular weight is 1190 g/mol. The summed E-state index contributed by atoms with van der Waals surface area (Å²) in [5, 5.41) is 14.3. The first-order valence-corrected chi connectivity index (χ1v) is 31.4. The first-order chi connectivity index (χ1) is 40.5. The van der Waals surface area contributed by atoms with Crippen LogP contribution in [0, 0.1) is 17.8 Å². The molecule has 0 aliphatic rings. The fourth-order valence-electron chi connectivity index (χ4n) is 10.1. The minimum atomic E-state index is -1.09. The van der Waals surface area contributed by atoms with E-state index in [4.69, 9.17) is 28.7 Å². The molecule has 0 saturated carbocycles. The van der Waals surface area contributed by atoms with E-state index in [2.05, 4.69) is 39.2 Å². The van der Waals surface area contributed by atoms with E-state index >= 15 is 0 Å². The van der Waals surface area contributed by atoms with Gasteiger partial charge in [0, 0.05) is 75.5 Å². The topological polar surface area (TPSA) is 361 Å². The maximum absolute atomic E-state index is 14.7. The Hall–Kier alpha value is -5.87. The van der Waals surface area contributed by atoms with Crippen LogP contribution in [0.5, 0.6) is 0 Å². The van der Waals surface area contributed by atoms with Crippen molar-refractivity contribution in [1.29, 1.82) is 0 Å². The molecule has 2 rings (SSSR count). The third kappa shape index (κ3) is 33.0. The highest BCUT2D eigenvalue weighted by Crippen LogP contribution is 2.23. The number of benzene rings is 2. The van der Waals surface area contributed by atoms with Crippen molar-refractivity contribution in [2.24, 2.45) is 46.4 Å². The van der Waals surface area contributed by atoms with Crippen molar-refractivity contribution in [1.82, 2.24) is 26.6 Å². The predicted molar refractivity (Wildman–Crippen MR) is 332 cm³/mol. The van der Waals surface area contributed by atoms with Crippen LogP contribution < -0.4 is 55.3 Å². The van der Waals surface area contributed by atoms with Crippen LogP contribution in [-0.2, 0) is 60.8 Å². The van der Waals surface area contributed by atoms with Crippen molar-refractivity contribution in [3.05, 3.63) is 71.8 Å². The summed E-state index contributed by atoms with van der Waals surface area (Å²) in [4.78, 5) is 134. The van der Waals surface area contributed by atoms with Gasteiger partial charge in [-0.25, -0.2) is 0 Å². The number of ketones is 4. The molecule has 0 fully saturated rings. The lowest BCUT2D eigenvalue weighted by Crippen LogP contribution is -2.49. The van der Waals surface area contributed by atoms with Crippen LogP contribution >= 0.6 is 12.6 Å². The zero-order valence-electron chi connectivity index (χ0n) is 50.1. The zero-order chi connectivity index (χ0) is 61.9. The summed E-state index contributed by atoms with van der Waals surface area (Å²) in [6, 6.07) is 14.7. The minimum absolute atomic E-state index is 0.107. The molecule has 2 aromatic rings. The number of thiol groups is 1. The molecule has 84 heavy (non-hydrogen) atoms. The van der Waals surface area contributed by atoms with Gasteiger partial charge in [0.2, 0.25) is 35.4 Å². The molecule has 0 saturated heterocycles. The summed E-state index contributed by atoms with van der Waals surface area (Å²) in [6.07, 6.45) is 11.7. The molecule has 6 amide bonds. The normalized spacial score (nSPS) is 13.7. The van der Waals surface area contributed by atoms with E-state index in [1.165, 1.54) is 6.92 Å². The highest BCUT2D eigenvalue weighted by atomic mass is 32.1. The number of carbonyl (C=O) groups is 10. The molecule has 0 spiro atoms. The second-order valence-corrected chi connectivity index (χ2v) is 22.6. The van der Waals surface area contributed by atoms with Gasteiger partial charge in [-0.3, -0.25) is 47.9 Å². The lowest BCUT2D eigenvalue weighted by Gasteiger charge is -2.26. The summed E-state index contributed by atoms with van der Waals surface area (Å²) in [7, 11) is 0. The lowest BCUT2D eigenvalue weighted by molar-refractivity contribution is -0.136. The van der Waals surface area contributed by atoms with E-state index in [9.17, 15) is 47.9 Å². The molecule has 7 atom stereocenters. The van der Waals surface area contributed by atoms with Crippen molar-refractivity contribution >= 4 is 71.2 Å². The molecule has 0 aliphatic heterocycles. The highest BCUT2D eigenvalue weighted by Gasteiger charge is 2.34. The van der Waals surface area contributed by atoms with Gasteiger partial charge in [-0.2, -0.15) is 12.6 Å². The van der Waals surface area contributed by atoms with Crippen LogP contribution in [0.25, 0.3) is 0 Å². The predicted octanol–water partition coefficient (Wildman–Crippen LogP) is 4.67. The molecular weight excluding hydrogens is 1090 g/mol. The van der Waals surface area contributed by atoms with E-state index in [1.807, 2.05) is 60.7 Å². The van der Waals surface area contributed by atoms with Crippen molar-refractivity contribution in [2.75, 3.05) is 38.5 Å². The number of amides is 6. The van der Waals surface area contributed by atoms with Crippen LogP contribution in [-0.4, -0.2) is 121 Å². The number of Topliss-reactive ketones (excluding diaryl/α,β-unsaturated/α-hetero) is 4. The Morgan fingerprint density at radius 3 is 1.25 bits per heavy atom. The first-order valence-electron chi connectivity index (χ1n) is 30.8. The van der Waals surface area contributed by atoms with Crippen molar-refractivity contribution in [2.45, 2.75) is 204 Å². The molecule has 20 nitrogen and oxygen atoms in total. The fourth-order valence-corrected chi connectivity index (χ4v) is 10.4. The van der Waals surface area contributed by atoms with E-state index in [0.717, 1.165) is 30.4 Å². The number of primary amides is 1. The van der Waals surface area contributed by atoms with Gasteiger partial charge < -0.3 is 55.3 Å². The van der Waals surface area contributed by atoms with E-state index in [-0.39, 0.29) is 92.2 Å². The molecular formula is C63H102N10O10S. The number of carbonyl (C=O) groups excluding carboxylic acids is 10. The lowest BCUT2D eigenvalue weighted by atomic mass is 9.88. The van der Waals surface area contributed by atoms with Gasteiger partial charge in [0.25, 0.3) is 0 Å². The van der Waals surface area contributed by atoms with Gasteiger partial charge in [0.05, 0.1) is 18.1 Å². The fraction of sp³-hybridized carbons (Fsp3) is 0.651. The third-order valence-electron chi connectivity index (χ3n) is 15.1. The molecule has 0 aromatic heterocycles. The molecule has 0 bridgehead atoms. The first kappa shape index (κ1) is 74.2. The summed E-state index contributed by atoms with van der Waals surface area (Å²) in [5.74, 6) is -5.77. The second-order valence-electron chi connectivity index (χ2n) is 22.3. The van der Waals surface area contributed by atoms with Crippen molar-refractivity contribution in [3.8, 4) is 0 Å². The quantitative estimate of drug-likeness (QED) is 0.0317. The number of rotatable bonds is 51. The number of hydrogen-bond donors (Lipinski definition) is 11. The number of nitrogens with one attached hydrogen (secondary N) is 5. The molecule has 0 aliphatic carbocycles. The average Bonchev–Trinajstić information content (AvgIpc) is 3.67. The Bertz CT molecular complexity index is 2280. The monoisotopic (exact) mass is 1190 g/mol. The molecule has 2 aromatic carbocycles. The Morgan fingerprint density at radius 1 is 0.429 bits per heavy atom. The summed E-state index contributed by atoms with van der Waals surface area (Å²) < 4.78 is 0. The minimum Gasteiger partial charge on any atom is -0.368 e. The molecule has 7 unspecified atom stereocenters. The number of unbranched alkanes of at least 4 members (excludes halogenated alkanes) is 9. The maximum atomic E-state index is 14.7. The molecule has 470 valence electrons. The molecule has 0 heterocycles. The van der Waals surface area contributed by atoms with Crippen LogP contribution in [0.1, 0.15) is 179 Å². The number of nitrogens with two attached hydrogens (primary N) is 5. The van der Waals surface area contributed by atoms with Crippen LogP contribution in [0.4, 0.5) is 0 Å². The Kier molecular flexibility index (Phi) is 40.2. The molecule has 21 heteroatoms. The van der Waals surface area contributed by atoms with E-state index < -0.39 is 65.4 Å². The summed E-state index contributed by atoms with van der Waals surface area (Å²) in [6.45, 7) is 3.21. The zero-order valence-corrected chi connectivity index (χ0v) is 51.0. The largest absolute Gasteiger partial charge is 0.368 e. The Labute approximate surface area is 504 Å². The highest BCUT2D eigenvalue weighted by molar-refractivity contribution is 7.80. The van der Waals surface area contributed by atoms with Crippen LogP contribution in [0.2, 0.25) is 0 Å². The molecule has 15 N–H and O–H groups in total. The van der Waals surface area contributed by atoms with Crippen molar-refractivity contribution < 1.29 is 47.9 Å². The van der Waals surface area contributed by atoms with Gasteiger partial charge >= 0.3 is 0 Å². The maximum Gasteiger partial charge on any atom is 0.240 e. The molecule has 0 radical (unpaired) electrons. The second kappa shape index (κ2) is 45.5. The van der Waals surface area contributed by atoms with Gasteiger partial charge in [-0.15, -0.1) is 0 Å².